The minimum Gasteiger partial charge on any atom is -0.756 e. The van der Waals surface area contributed by atoms with Crippen LogP contribution >= 0.6 is 7.82 Å². The number of ether oxygens (including phenoxy) is 2. The number of rotatable bonds is 72. The fraction of sp³-hybridized carbons (Fsp3) is 0.622. The average molecular weight is 1400 g/mol. The molecule has 2 atom stereocenters. The molecule has 0 aromatic heterocycles. The zero-order valence-corrected chi connectivity index (χ0v) is 65.5. The Balaban J connectivity index is 4.05. The lowest BCUT2D eigenvalue weighted by Crippen LogP contribution is -2.37. The molecule has 0 rings (SSSR count). The van der Waals surface area contributed by atoms with Gasteiger partial charge in [0.15, 0.2) is 6.10 Å². The first-order chi connectivity index (χ1) is 49.0. The Kier molecular flexibility index (Phi) is 74.0. The summed E-state index contributed by atoms with van der Waals surface area (Å²) in [5.41, 5.74) is 0. The van der Waals surface area contributed by atoms with Gasteiger partial charge in [0.25, 0.3) is 7.82 Å². The van der Waals surface area contributed by atoms with Crippen molar-refractivity contribution in [1.82, 2.24) is 0 Å². The Hall–Kier alpha value is -5.15. The van der Waals surface area contributed by atoms with Gasteiger partial charge in [-0.25, -0.2) is 0 Å². The Morgan fingerprint density at radius 1 is 0.310 bits per heavy atom. The summed E-state index contributed by atoms with van der Waals surface area (Å²) in [5, 5.41) is 0. The maximum Gasteiger partial charge on any atom is 0.306 e. The van der Waals surface area contributed by atoms with E-state index in [0.717, 1.165) is 161 Å². The molecule has 0 aromatic carbocycles. The molecule has 0 aromatic rings. The van der Waals surface area contributed by atoms with E-state index in [0.29, 0.717) is 17.4 Å². The lowest BCUT2D eigenvalue weighted by Gasteiger charge is -2.28. The predicted molar refractivity (Wildman–Crippen MR) is 433 cm³/mol. The number of allylic oxidation sites excluding steroid dienone is 32. The van der Waals surface area contributed by atoms with Crippen molar-refractivity contribution in [1.29, 1.82) is 0 Å². The summed E-state index contributed by atoms with van der Waals surface area (Å²) in [7, 11) is 1.14. The second kappa shape index (κ2) is 78.0. The molecule has 0 aliphatic carbocycles. The fourth-order valence-electron chi connectivity index (χ4n) is 10.6. The summed E-state index contributed by atoms with van der Waals surface area (Å²) in [4.78, 5) is 38.2. The normalized spacial score (nSPS) is 14.1. The second-order valence-electron chi connectivity index (χ2n) is 27.3. The molecule has 0 heterocycles. The van der Waals surface area contributed by atoms with E-state index in [-0.39, 0.29) is 32.0 Å². The highest BCUT2D eigenvalue weighted by atomic mass is 31.2. The molecule has 0 spiro atoms. The quantitative estimate of drug-likeness (QED) is 0.0195. The maximum atomic E-state index is 12.9. The topological polar surface area (TPSA) is 111 Å². The number of likely N-dealkylation sites (N-methyl/N-ethyl adjacent to an activating group) is 1. The van der Waals surface area contributed by atoms with Crippen LogP contribution in [-0.4, -0.2) is 70.0 Å². The third-order valence-corrected chi connectivity index (χ3v) is 17.6. The molecule has 100 heavy (non-hydrogen) atoms. The Morgan fingerprint density at radius 3 is 0.800 bits per heavy atom. The van der Waals surface area contributed by atoms with E-state index in [1.807, 2.05) is 21.1 Å². The molecule has 0 aliphatic rings. The van der Waals surface area contributed by atoms with Gasteiger partial charge in [0.05, 0.1) is 27.7 Å². The van der Waals surface area contributed by atoms with Crippen LogP contribution in [0.15, 0.2) is 194 Å². The van der Waals surface area contributed by atoms with E-state index in [1.165, 1.54) is 116 Å². The summed E-state index contributed by atoms with van der Waals surface area (Å²) in [5.74, 6) is -0.853. The van der Waals surface area contributed by atoms with Crippen LogP contribution in [0.1, 0.15) is 309 Å². The number of carbonyl (C=O) groups excluding carboxylic acids is 2. The molecule has 0 aliphatic heterocycles. The Labute approximate surface area is 615 Å². The van der Waals surface area contributed by atoms with Gasteiger partial charge in [0.1, 0.15) is 19.8 Å². The first kappa shape index (κ1) is 94.8. The molecule has 9 nitrogen and oxygen atoms in total. The minimum atomic E-state index is -4.66. The van der Waals surface area contributed by atoms with Crippen molar-refractivity contribution in [2.75, 3.05) is 47.5 Å². The number of hydrogen-bond acceptors (Lipinski definition) is 8. The zero-order valence-electron chi connectivity index (χ0n) is 64.6. The summed E-state index contributed by atoms with van der Waals surface area (Å²) in [6, 6.07) is 0. The Bertz CT molecular complexity index is 2400. The van der Waals surface area contributed by atoms with Crippen LogP contribution in [0.25, 0.3) is 0 Å². The summed E-state index contributed by atoms with van der Waals surface area (Å²) >= 11 is 0. The molecule has 2 unspecified atom stereocenters. The van der Waals surface area contributed by atoms with E-state index in [9.17, 15) is 19.0 Å². The highest BCUT2D eigenvalue weighted by molar-refractivity contribution is 7.45. The number of hydrogen-bond donors (Lipinski definition) is 0. The van der Waals surface area contributed by atoms with Gasteiger partial charge in [-0.05, 0) is 141 Å². The minimum absolute atomic E-state index is 0.0420. The molecule has 0 saturated carbocycles. The van der Waals surface area contributed by atoms with Crippen molar-refractivity contribution >= 4 is 19.8 Å². The SMILES string of the molecule is CC/C=C\C/C=C\C/C=C\C/C=C\C/C=C\C/C=C\C/C=C\C/C=C\C/C=C\C/C=C\CCCCCCCCC(=O)OC(COC(=O)CCCCCCCCCCCCCCCCCCCCCC/C=C\C/C=C\C/C=C\C/C=C\C/C=C\C/C=C\CC)COP(=O)([O-])OCC[N+](C)(C)C. The number of unbranched alkanes of at least 4 members (excludes halogenated alkanes) is 26. The second-order valence-corrected chi connectivity index (χ2v) is 28.7. The smallest absolute Gasteiger partial charge is 0.306 e. The first-order valence-corrected chi connectivity index (χ1v) is 41.6. The van der Waals surface area contributed by atoms with Gasteiger partial charge >= 0.3 is 11.9 Å². The largest absolute Gasteiger partial charge is 0.756 e. The van der Waals surface area contributed by atoms with Crippen molar-refractivity contribution in [3.63, 3.8) is 0 Å². The number of phosphoric acid groups is 1. The van der Waals surface area contributed by atoms with Crippen LogP contribution in [0.5, 0.6) is 0 Å². The zero-order chi connectivity index (χ0) is 72.5. The number of carbonyl (C=O) groups is 2. The van der Waals surface area contributed by atoms with Crippen molar-refractivity contribution in [2.24, 2.45) is 0 Å². The van der Waals surface area contributed by atoms with Crippen LogP contribution in [0.3, 0.4) is 0 Å². The van der Waals surface area contributed by atoms with Gasteiger partial charge in [-0.3, -0.25) is 14.2 Å². The summed E-state index contributed by atoms with van der Waals surface area (Å²) in [6.45, 7) is 4.00. The van der Waals surface area contributed by atoms with Crippen LogP contribution in [0.4, 0.5) is 0 Å². The molecule has 0 amide bonds. The van der Waals surface area contributed by atoms with Gasteiger partial charge in [0.2, 0.25) is 0 Å². The van der Waals surface area contributed by atoms with E-state index in [4.69, 9.17) is 18.5 Å². The highest BCUT2D eigenvalue weighted by Crippen LogP contribution is 2.38. The number of esters is 2. The standard InChI is InChI=1S/C90H148NO8P/c1-6-8-10-12-14-16-18-20-22-24-26-28-30-32-34-36-38-40-42-44-45-47-48-50-52-54-56-58-60-62-64-66-68-70-72-74-76-78-80-82-89(92)96-86-88(87-98-100(94,95)97-85-84-91(3,4)5)99-90(93)83-81-79-77-75-73-71-69-67-65-63-61-59-57-55-53-51-49-46-43-41-39-37-35-33-31-29-27-25-23-21-19-17-15-13-11-9-7-2/h8-11,14-17,20-23,26-29,32-35,38-41,46,49,53,55,59,61,65,67,88H,6-7,12-13,18-19,24-25,30-31,36-37,42-45,47-48,50-52,54,56-58,60,62-64,66,68-87H2,1-5H3/b10-8-,11-9-,16-14-,17-15-,22-20-,23-21-,28-26-,29-27-,34-32-,35-33-,40-38-,41-39-,49-46-,55-53-,61-59-,67-65-. The molecule has 0 saturated heterocycles. The first-order valence-electron chi connectivity index (χ1n) is 40.1. The maximum absolute atomic E-state index is 12.9. The van der Waals surface area contributed by atoms with Crippen LogP contribution < -0.4 is 4.89 Å². The van der Waals surface area contributed by atoms with E-state index in [1.54, 1.807) is 0 Å². The Morgan fingerprint density at radius 2 is 0.540 bits per heavy atom. The van der Waals surface area contributed by atoms with Gasteiger partial charge in [-0.15, -0.1) is 0 Å². The molecule has 0 bridgehead atoms. The monoisotopic (exact) mass is 1400 g/mol. The highest BCUT2D eigenvalue weighted by Gasteiger charge is 2.22. The molecule has 10 heteroatoms. The third-order valence-electron chi connectivity index (χ3n) is 16.6. The molecule has 0 fully saturated rings. The van der Waals surface area contributed by atoms with Crippen molar-refractivity contribution in [2.45, 2.75) is 315 Å². The predicted octanol–water partition coefficient (Wildman–Crippen LogP) is 26.5. The van der Waals surface area contributed by atoms with Gasteiger partial charge in [0, 0.05) is 12.8 Å². The number of nitrogens with zero attached hydrogens (tertiary/aromatic N) is 1. The van der Waals surface area contributed by atoms with Gasteiger partial charge in [-0.2, -0.15) is 0 Å². The molecule has 0 radical (unpaired) electrons. The summed E-state index contributed by atoms with van der Waals surface area (Å²) in [6.07, 6.45) is 121. The average Bonchev–Trinajstić information content (AvgIpc) is 1.02. The third kappa shape index (κ3) is 81.8. The lowest BCUT2D eigenvalue weighted by atomic mass is 10.0. The van der Waals surface area contributed by atoms with Gasteiger partial charge < -0.3 is 27.9 Å². The molecular formula is C90H148NO8P. The molecular weight excluding hydrogens is 1250 g/mol. The van der Waals surface area contributed by atoms with Crippen LogP contribution in [-0.2, 0) is 32.7 Å². The van der Waals surface area contributed by atoms with Crippen LogP contribution in [0.2, 0.25) is 0 Å². The van der Waals surface area contributed by atoms with Gasteiger partial charge in [-0.1, -0.05) is 350 Å². The van der Waals surface area contributed by atoms with Crippen molar-refractivity contribution < 1.29 is 42.1 Å². The van der Waals surface area contributed by atoms with E-state index >= 15 is 0 Å². The fourth-order valence-corrected chi connectivity index (χ4v) is 11.3. The summed E-state index contributed by atoms with van der Waals surface area (Å²) < 4.78 is 34.4. The molecule has 0 N–H and O–H groups in total. The van der Waals surface area contributed by atoms with Crippen LogP contribution in [0, 0.1) is 0 Å². The van der Waals surface area contributed by atoms with Crippen molar-refractivity contribution in [3.05, 3.63) is 194 Å². The number of phosphoric ester groups is 1. The molecule has 566 valence electrons. The van der Waals surface area contributed by atoms with E-state index < -0.39 is 26.5 Å². The van der Waals surface area contributed by atoms with Crippen molar-refractivity contribution in [3.8, 4) is 0 Å². The number of quaternary nitrogens is 1. The van der Waals surface area contributed by atoms with E-state index in [2.05, 4.69) is 208 Å². The lowest BCUT2D eigenvalue weighted by molar-refractivity contribution is -0.870.